The Morgan fingerprint density at radius 1 is 1.31 bits per heavy atom. The Hall–Kier alpha value is -1.38. The molecule has 0 radical (unpaired) electrons. The maximum Gasteiger partial charge on any atom is 0.433 e. The van der Waals surface area contributed by atoms with E-state index in [9.17, 15) is 4.79 Å². The summed E-state index contributed by atoms with van der Waals surface area (Å²) in [6.45, 7) is 4.18. The lowest BCUT2D eigenvalue weighted by atomic mass is 10.2. The van der Waals surface area contributed by atoms with Gasteiger partial charge in [0.05, 0.1) is 7.11 Å². The summed E-state index contributed by atoms with van der Waals surface area (Å²) < 4.78 is 4.31. The fourth-order valence-corrected chi connectivity index (χ4v) is 0.557. The zero-order valence-electron chi connectivity index (χ0n) is 8.23. The van der Waals surface area contributed by atoms with Crippen LogP contribution in [0.2, 0.25) is 0 Å². The standard InChI is InChI=1S/C10H15NO2/c1-9(2)7-5-4-6-8-11-10(12)13-3/h4-9H,1-3H3/b6-4-,7-5-,11-8+. The quantitative estimate of drug-likeness (QED) is 0.496. The molecule has 0 spiro atoms. The first-order valence-corrected chi connectivity index (χ1v) is 4.12. The van der Waals surface area contributed by atoms with Gasteiger partial charge in [-0.05, 0) is 12.0 Å². The SMILES string of the molecule is COC(=O)/N=C/C=C\C=C/C(C)C. The molecule has 0 heterocycles. The van der Waals surface area contributed by atoms with Gasteiger partial charge in [-0.1, -0.05) is 32.1 Å². The smallest absolute Gasteiger partial charge is 0.433 e. The average Bonchev–Trinajstić information content (AvgIpc) is 2.10. The number of aliphatic imine (C=N–C) groups is 1. The van der Waals surface area contributed by atoms with Crippen LogP contribution in [0, 0.1) is 5.92 Å². The molecule has 0 rings (SSSR count). The van der Waals surface area contributed by atoms with Gasteiger partial charge in [-0.15, -0.1) is 0 Å². The first-order chi connectivity index (χ1) is 6.16. The lowest BCUT2D eigenvalue weighted by molar-refractivity contribution is 0.183. The second-order valence-electron chi connectivity index (χ2n) is 2.76. The van der Waals surface area contributed by atoms with Gasteiger partial charge in [-0.3, -0.25) is 0 Å². The monoisotopic (exact) mass is 181 g/mol. The van der Waals surface area contributed by atoms with Crippen molar-refractivity contribution >= 4 is 12.3 Å². The second kappa shape index (κ2) is 7.28. The molecular formula is C10H15NO2. The van der Waals surface area contributed by atoms with Gasteiger partial charge in [0.2, 0.25) is 0 Å². The highest BCUT2D eigenvalue weighted by atomic mass is 16.5. The van der Waals surface area contributed by atoms with E-state index >= 15 is 0 Å². The molecule has 0 aliphatic rings. The highest BCUT2D eigenvalue weighted by Crippen LogP contribution is 1.92. The maximum atomic E-state index is 10.5. The number of carbonyl (C=O) groups is 1. The molecule has 0 unspecified atom stereocenters. The lowest BCUT2D eigenvalue weighted by Gasteiger charge is -1.88. The van der Waals surface area contributed by atoms with Crippen LogP contribution in [0.15, 0.2) is 29.3 Å². The van der Waals surface area contributed by atoms with E-state index in [1.54, 1.807) is 6.08 Å². The van der Waals surface area contributed by atoms with Gasteiger partial charge in [-0.25, -0.2) is 4.79 Å². The van der Waals surface area contributed by atoms with Crippen LogP contribution in [-0.2, 0) is 4.74 Å². The maximum absolute atomic E-state index is 10.5. The second-order valence-corrected chi connectivity index (χ2v) is 2.76. The van der Waals surface area contributed by atoms with E-state index in [2.05, 4.69) is 23.6 Å². The number of hydrogen-bond donors (Lipinski definition) is 0. The number of ether oxygens (including phenoxy) is 1. The Morgan fingerprint density at radius 2 is 2.00 bits per heavy atom. The van der Waals surface area contributed by atoms with Gasteiger partial charge < -0.3 is 4.74 Å². The summed E-state index contributed by atoms with van der Waals surface area (Å²) in [5.41, 5.74) is 0. The van der Waals surface area contributed by atoms with Crippen molar-refractivity contribution in [2.75, 3.05) is 7.11 Å². The summed E-state index contributed by atoms with van der Waals surface area (Å²) in [4.78, 5) is 13.9. The zero-order chi connectivity index (χ0) is 10.1. The highest BCUT2D eigenvalue weighted by Gasteiger charge is 1.87. The fourth-order valence-electron chi connectivity index (χ4n) is 0.557. The fraction of sp³-hybridized carbons (Fsp3) is 0.400. The van der Waals surface area contributed by atoms with Gasteiger partial charge in [0.25, 0.3) is 0 Å². The molecule has 0 atom stereocenters. The molecule has 0 N–H and O–H groups in total. The molecule has 0 aliphatic carbocycles. The number of carbonyl (C=O) groups excluding carboxylic acids is 1. The van der Waals surface area contributed by atoms with Crippen molar-refractivity contribution in [2.45, 2.75) is 13.8 Å². The van der Waals surface area contributed by atoms with E-state index in [4.69, 9.17) is 0 Å². The van der Waals surface area contributed by atoms with Gasteiger partial charge in [0.1, 0.15) is 0 Å². The molecule has 0 fully saturated rings. The average molecular weight is 181 g/mol. The molecule has 0 aromatic heterocycles. The van der Waals surface area contributed by atoms with Crippen molar-refractivity contribution in [3.8, 4) is 0 Å². The minimum atomic E-state index is -0.586. The van der Waals surface area contributed by atoms with E-state index < -0.39 is 6.09 Å². The van der Waals surface area contributed by atoms with Crippen molar-refractivity contribution in [2.24, 2.45) is 10.9 Å². The summed E-state index contributed by atoms with van der Waals surface area (Å²) in [5, 5.41) is 0. The number of rotatable bonds is 3. The van der Waals surface area contributed by atoms with Crippen molar-refractivity contribution in [3.05, 3.63) is 24.3 Å². The minimum absolute atomic E-state index is 0.530. The van der Waals surface area contributed by atoms with Crippen LogP contribution in [-0.4, -0.2) is 19.4 Å². The molecule has 3 nitrogen and oxygen atoms in total. The topological polar surface area (TPSA) is 38.7 Å². The van der Waals surface area contributed by atoms with Crippen molar-refractivity contribution in [3.63, 3.8) is 0 Å². The van der Waals surface area contributed by atoms with E-state index in [0.29, 0.717) is 5.92 Å². The molecule has 0 saturated heterocycles. The predicted molar refractivity (Wildman–Crippen MR) is 54.0 cm³/mol. The Morgan fingerprint density at radius 3 is 2.54 bits per heavy atom. The first-order valence-electron chi connectivity index (χ1n) is 4.12. The molecule has 0 aromatic carbocycles. The summed E-state index contributed by atoms with van der Waals surface area (Å²) in [7, 11) is 1.29. The Balaban J connectivity index is 3.75. The third kappa shape index (κ3) is 8.53. The number of hydrogen-bond acceptors (Lipinski definition) is 2. The number of methoxy groups -OCH3 is 1. The van der Waals surface area contributed by atoms with Gasteiger partial charge in [0, 0.05) is 6.21 Å². The van der Waals surface area contributed by atoms with Crippen LogP contribution in [0.3, 0.4) is 0 Å². The van der Waals surface area contributed by atoms with E-state index in [0.717, 1.165) is 0 Å². The molecule has 3 heteroatoms. The molecule has 72 valence electrons. The normalized spacial score (nSPS) is 12.3. The highest BCUT2D eigenvalue weighted by molar-refractivity contribution is 5.84. The Kier molecular flexibility index (Phi) is 6.51. The zero-order valence-corrected chi connectivity index (χ0v) is 8.23. The summed E-state index contributed by atoms with van der Waals surface area (Å²) in [5.74, 6) is 0.530. The van der Waals surface area contributed by atoms with Crippen LogP contribution >= 0.6 is 0 Å². The molecule has 1 amide bonds. The third-order valence-corrected chi connectivity index (χ3v) is 1.16. The molecule has 0 aliphatic heterocycles. The third-order valence-electron chi connectivity index (χ3n) is 1.16. The van der Waals surface area contributed by atoms with Crippen molar-refractivity contribution in [1.82, 2.24) is 0 Å². The van der Waals surface area contributed by atoms with Crippen LogP contribution in [0.25, 0.3) is 0 Å². The first kappa shape index (κ1) is 11.6. The largest absolute Gasteiger partial charge is 0.451 e. The van der Waals surface area contributed by atoms with Crippen LogP contribution < -0.4 is 0 Å². The molecule has 0 bridgehead atoms. The Bertz CT molecular complexity index is 227. The van der Waals surface area contributed by atoms with Crippen LogP contribution in [0.5, 0.6) is 0 Å². The van der Waals surface area contributed by atoms with Crippen LogP contribution in [0.4, 0.5) is 4.79 Å². The summed E-state index contributed by atoms with van der Waals surface area (Å²) in [6.07, 6.45) is 8.26. The number of allylic oxidation sites excluding steroid dienone is 4. The minimum Gasteiger partial charge on any atom is -0.451 e. The molecular weight excluding hydrogens is 166 g/mol. The van der Waals surface area contributed by atoms with E-state index in [-0.39, 0.29) is 0 Å². The van der Waals surface area contributed by atoms with E-state index in [1.807, 2.05) is 18.2 Å². The lowest BCUT2D eigenvalue weighted by Crippen LogP contribution is -1.91. The Labute approximate surface area is 78.8 Å². The van der Waals surface area contributed by atoms with Crippen molar-refractivity contribution in [1.29, 1.82) is 0 Å². The predicted octanol–water partition coefficient (Wildman–Crippen LogP) is 2.59. The molecule has 0 aromatic rings. The van der Waals surface area contributed by atoms with Crippen molar-refractivity contribution < 1.29 is 9.53 Å². The number of amides is 1. The van der Waals surface area contributed by atoms with Gasteiger partial charge >= 0.3 is 6.09 Å². The summed E-state index contributed by atoms with van der Waals surface area (Å²) >= 11 is 0. The molecule has 0 saturated carbocycles. The summed E-state index contributed by atoms with van der Waals surface area (Å²) in [6, 6.07) is 0. The van der Waals surface area contributed by atoms with Crippen LogP contribution in [0.1, 0.15) is 13.8 Å². The van der Waals surface area contributed by atoms with E-state index in [1.165, 1.54) is 13.3 Å². The number of nitrogens with zero attached hydrogens (tertiary/aromatic N) is 1. The van der Waals surface area contributed by atoms with Gasteiger partial charge in [-0.2, -0.15) is 4.99 Å². The van der Waals surface area contributed by atoms with Gasteiger partial charge in [0.15, 0.2) is 0 Å². The molecule has 13 heavy (non-hydrogen) atoms.